The molecule has 7 heteroatoms. The number of esters is 1. The van der Waals surface area contributed by atoms with Crippen molar-refractivity contribution in [3.8, 4) is 5.75 Å². The van der Waals surface area contributed by atoms with Crippen LogP contribution in [0.1, 0.15) is 31.2 Å². The first-order valence-electron chi connectivity index (χ1n) is 8.34. The third-order valence-corrected chi connectivity index (χ3v) is 4.84. The molecule has 0 unspecified atom stereocenters. The molecule has 0 bridgehead atoms. The van der Waals surface area contributed by atoms with E-state index in [9.17, 15) is 18.8 Å². The highest BCUT2D eigenvalue weighted by molar-refractivity contribution is 6.07. The van der Waals surface area contributed by atoms with Crippen molar-refractivity contribution in [3.63, 3.8) is 0 Å². The number of imide groups is 1. The molecule has 6 nitrogen and oxygen atoms in total. The number of halogens is 1. The zero-order valence-corrected chi connectivity index (χ0v) is 14.0. The van der Waals surface area contributed by atoms with E-state index in [0.717, 1.165) is 17.7 Å². The van der Waals surface area contributed by atoms with Crippen LogP contribution in [0.5, 0.6) is 5.75 Å². The first kappa shape index (κ1) is 17.4. The standard InChI is InChI=1S/C18H20FNO5/c1-24-15-7-6-11(8-14(15)19)10-25-16(21)9-20-17(22)12-4-2-3-5-13(12)18(20)23/h6-8,12-13H,2-5,9-10H2,1H3/t12-,13-/m0/s1. The van der Waals surface area contributed by atoms with Crippen molar-refractivity contribution in [1.29, 1.82) is 0 Å². The van der Waals surface area contributed by atoms with E-state index in [1.165, 1.54) is 19.2 Å². The molecule has 134 valence electrons. The van der Waals surface area contributed by atoms with Gasteiger partial charge in [-0.1, -0.05) is 18.9 Å². The van der Waals surface area contributed by atoms with Gasteiger partial charge in [0.2, 0.25) is 11.8 Å². The van der Waals surface area contributed by atoms with Gasteiger partial charge in [-0.15, -0.1) is 0 Å². The fourth-order valence-electron chi connectivity index (χ4n) is 3.53. The molecule has 1 aliphatic heterocycles. The lowest BCUT2D eigenvalue weighted by atomic mass is 9.81. The van der Waals surface area contributed by atoms with Gasteiger partial charge in [0.25, 0.3) is 0 Å². The maximum atomic E-state index is 13.6. The largest absolute Gasteiger partial charge is 0.494 e. The van der Waals surface area contributed by atoms with Gasteiger partial charge >= 0.3 is 5.97 Å². The lowest BCUT2D eigenvalue weighted by Crippen LogP contribution is -2.36. The quantitative estimate of drug-likeness (QED) is 0.601. The van der Waals surface area contributed by atoms with Gasteiger partial charge in [-0.25, -0.2) is 4.39 Å². The predicted octanol–water partition coefficient (Wildman–Crippen LogP) is 2.05. The zero-order valence-electron chi connectivity index (χ0n) is 14.0. The molecule has 0 aromatic heterocycles. The van der Waals surface area contributed by atoms with E-state index in [1.807, 2.05) is 0 Å². The number of hydrogen-bond donors (Lipinski definition) is 0. The molecular formula is C18H20FNO5. The molecule has 0 N–H and O–H groups in total. The average molecular weight is 349 g/mol. The lowest BCUT2D eigenvalue weighted by Gasteiger charge is -2.19. The number of nitrogens with zero attached hydrogens (tertiary/aromatic N) is 1. The summed E-state index contributed by atoms with van der Waals surface area (Å²) in [6.45, 7) is -0.522. The van der Waals surface area contributed by atoms with E-state index in [4.69, 9.17) is 9.47 Å². The summed E-state index contributed by atoms with van der Waals surface area (Å²) in [7, 11) is 1.36. The number of benzene rings is 1. The molecule has 1 aromatic carbocycles. The Hall–Kier alpha value is -2.44. The van der Waals surface area contributed by atoms with E-state index in [1.54, 1.807) is 6.07 Å². The smallest absolute Gasteiger partial charge is 0.326 e. The Labute approximate surface area is 144 Å². The highest BCUT2D eigenvalue weighted by Crippen LogP contribution is 2.37. The van der Waals surface area contributed by atoms with Crippen molar-refractivity contribution < 1.29 is 28.2 Å². The van der Waals surface area contributed by atoms with Crippen LogP contribution >= 0.6 is 0 Å². The summed E-state index contributed by atoms with van der Waals surface area (Å²) in [6.07, 6.45) is 3.26. The molecule has 1 saturated heterocycles. The van der Waals surface area contributed by atoms with Crippen molar-refractivity contribution in [2.45, 2.75) is 32.3 Å². The Morgan fingerprint density at radius 3 is 2.40 bits per heavy atom. The van der Waals surface area contributed by atoms with Crippen LogP contribution < -0.4 is 4.74 Å². The van der Waals surface area contributed by atoms with Crippen LogP contribution in [0.4, 0.5) is 4.39 Å². The number of carbonyl (C=O) groups is 3. The van der Waals surface area contributed by atoms with Crippen LogP contribution in [0.3, 0.4) is 0 Å². The van der Waals surface area contributed by atoms with Crippen molar-refractivity contribution >= 4 is 17.8 Å². The molecule has 2 aliphatic rings. The second-order valence-corrected chi connectivity index (χ2v) is 6.39. The first-order chi connectivity index (χ1) is 12.0. The summed E-state index contributed by atoms with van der Waals surface area (Å²) < 4.78 is 23.5. The van der Waals surface area contributed by atoms with Gasteiger partial charge in [-0.2, -0.15) is 0 Å². The van der Waals surface area contributed by atoms with Crippen molar-refractivity contribution in [1.82, 2.24) is 4.90 Å². The second kappa shape index (κ2) is 7.21. The summed E-state index contributed by atoms with van der Waals surface area (Å²) in [4.78, 5) is 37.6. The molecule has 1 saturated carbocycles. The number of fused-ring (bicyclic) bond motifs is 1. The van der Waals surface area contributed by atoms with Gasteiger partial charge in [0.15, 0.2) is 11.6 Å². The van der Waals surface area contributed by atoms with E-state index in [0.29, 0.717) is 18.4 Å². The third kappa shape index (κ3) is 3.50. The molecule has 2 amide bonds. The topological polar surface area (TPSA) is 72.9 Å². The number of ether oxygens (including phenoxy) is 2. The van der Waals surface area contributed by atoms with Gasteiger partial charge in [-0.05, 0) is 30.5 Å². The fraction of sp³-hybridized carbons (Fsp3) is 0.500. The van der Waals surface area contributed by atoms with Gasteiger partial charge < -0.3 is 9.47 Å². The number of hydrogen-bond acceptors (Lipinski definition) is 5. The maximum absolute atomic E-state index is 13.6. The molecule has 0 spiro atoms. The molecular weight excluding hydrogens is 329 g/mol. The molecule has 1 aromatic rings. The molecule has 3 rings (SSSR count). The summed E-state index contributed by atoms with van der Waals surface area (Å²) in [5.41, 5.74) is 0.458. The predicted molar refractivity (Wildman–Crippen MR) is 84.9 cm³/mol. The highest BCUT2D eigenvalue weighted by atomic mass is 19.1. The van der Waals surface area contributed by atoms with Gasteiger partial charge in [0.1, 0.15) is 13.2 Å². The van der Waals surface area contributed by atoms with Gasteiger partial charge in [0.05, 0.1) is 18.9 Å². The van der Waals surface area contributed by atoms with Gasteiger partial charge in [0, 0.05) is 0 Å². The summed E-state index contributed by atoms with van der Waals surface area (Å²) in [5.74, 6) is -2.26. The van der Waals surface area contributed by atoms with Crippen LogP contribution in [0.15, 0.2) is 18.2 Å². The van der Waals surface area contributed by atoms with Crippen molar-refractivity contribution in [2.75, 3.05) is 13.7 Å². The first-order valence-corrected chi connectivity index (χ1v) is 8.34. The van der Waals surface area contributed by atoms with Crippen LogP contribution in [0.2, 0.25) is 0 Å². The van der Waals surface area contributed by atoms with Crippen LogP contribution in [-0.4, -0.2) is 36.3 Å². The van der Waals surface area contributed by atoms with Crippen LogP contribution in [0, 0.1) is 17.7 Å². The minimum absolute atomic E-state index is 0.103. The van der Waals surface area contributed by atoms with Crippen molar-refractivity contribution in [2.24, 2.45) is 11.8 Å². The van der Waals surface area contributed by atoms with E-state index >= 15 is 0 Å². The SMILES string of the molecule is COc1ccc(COC(=O)CN2C(=O)[C@H]3CCCC[C@@H]3C2=O)cc1F. The number of likely N-dealkylation sites (tertiary alicyclic amines) is 1. The molecule has 2 atom stereocenters. The van der Waals surface area contributed by atoms with E-state index in [2.05, 4.69) is 0 Å². The summed E-state index contributed by atoms with van der Waals surface area (Å²) in [6, 6.07) is 4.24. The van der Waals surface area contributed by atoms with Crippen molar-refractivity contribution in [3.05, 3.63) is 29.6 Å². The molecule has 0 radical (unpaired) electrons. The Morgan fingerprint density at radius 1 is 1.20 bits per heavy atom. The lowest BCUT2D eigenvalue weighted by molar-refractivity contribution is -0.153. The molecule has 2 fully saturated rings. The summed E-state index contributed by atoms with van der Waals surface area (Å²) >= 11 is 0. The van der Waals surface area contributed by atoms with Crippen LogP contribution in [-0.2, 0) is 25.7 Å². The Morgan fingerprint density at radius 2 is 1.84 bits per heavy atom. The summed E-state index contributed by atoms with van der Waals surface area (Å²) in [5, 5.41) is 0. The Bertz CT molecular complexity index is 681. The zero-order chi connectivity index (χ0) is 18.0. The minimum atomic E-state index is -0.684. The normalized spacial score (nSPS) is 22.7. The Kier molecular flexibility index (Phi) is 5.01. The van der Waals surface area contributed by atoms with E-state index in [-0.39, 0.29) is 42.6 Å². The van der Waals surface area contributed by atoms with Crippen LogP contribution in [0.25, 0.3) is 0 Å². The average Bonchev–Trinajstić information content (AvgIpc) is 2.85. The fourth-order valence-corrected chi connectivity index (χ4v) is 3.53. The highest BCUT2D eigenvalue weighted by Gasteiger charge is 2.48. The molecule has 25 heavy (non-hydrogen) atoms. The molecule has 1 heterocycles. The maximum Gasteiger partial charge on any atom is 0.326 e. The Balaban J connectivity index is 1.56. The number of rotatable bonds is 5. The van der Waals surface area contributed by atoms with E-state index < -0.39 is 11.8 Å². The monoisotopic (exact) mass is 349 g/mol. The second-order valence-electron chi connectivity index (χ2n) is 6.39. The van der Waals surface area contributed by atoms with Gasteiger partial charge in [-0.3, -0.25) is 19.3 Å². The number of amides is 2. The molecule has 1 aliphatic carbocycles. The third-order valence-electron chi connectivity index (χ3n) is 4.84. The number of methoxy groups -OCH3 is 1. The minimum Gasteiger partial charge on any atom is -0.494 e. The number of carbonyl (C=O) groups excluding carboxylic acids is 3.